The fourth-order valence-electron chi connectivity index (χ4n) is 2.96. The van der Waals surface area contributed by atoms with Crippen LogP contribution < -0.4 is 0 Å². The predicted molar refractivity (Wildman–Crippen MR) is 118 cm³/mol. The number of hydrogen-bond donors (Lipinski definition) is 0. The van der Waals surface area contributed by atoms with Crippen molar-refractivity contribution in [3.8, 4) is 11.8 Å². The number of halogens is 2. The SMILES string of the molecule is CC(=O)OCCCCCCCCCC#C/C=C(\F)CCCCCCCCCCl. The summed E-state index contributed by atoms with van der Waals surface area (Å²) in [5.74, 6) is 6.39. The van der Waals surface area contributed by atoms with Crippen molar-refractivity contribution in [1.29, 1.82) is 0 Å². The molecule has 0 aromatic rings. The maximum absolute atomic E-state index is 13.6. The molecule has 0 bridgehead atoms. The van der Waals surface area contributed by atoms with Crippen molar-refractivity contribution in [2.75, 3.05) is 12.5 Å². The van der Waals surface area contributed by atoms with E-state index in [9.17, 15) is 9.18 Å². The van der Waals surface area contributed by atoms with Gasteiger partial charge in [0.25, 0.3) is 0 Å². The number of alkyl halides is 1. The minimum Gasteiger partial charge on any atom is -0.466 e. The van der Waals surface area contributed by atoms with Gasteiger partial charge < -0.3 is 4.74 Å². The monoisotopic (exact) mass is 414 g/mol. The van der Waals surface area contributed by atoms with Crippen molar-refractivity contribution >= 4 is 17.6 Å². The molecule has 28 heavy (non-hydrogen) atoms. The lowest BCUT2D eigenvalue weighted by Gasteiger charge is -2.02. The summed E-state index contributed by atoms with van der Waals surface area (Å²) in [6.07, 6.45) is 18.8. The summed E-state index contributed by atoms with van der Waals surface area (Å²) in [5, 5.41) is 0. The average molecular weight is 415 g/mol. The van der Waals surface area contributed by atoms with Crippen molar-refractivity contribution in [3.63, 3.8) is 0 Å². The van der Waals surface area contributed by atoms with Gasteiger partial charge in [0.2, 0.25) is 0 Å². The summed E-state index contributed by atoms with van der Waals surface area (Å²) < 4.78 is 18.5. The highest BCUT2D eigenvalue weighted by molar-refractivity contribution is 6.17. The first-order valence-corrected chi connectivity index (χ1v) is 11.7. The second kappa shape index (κ2) is 22.3. The van der Waals surface area contributed by atoms with Crippen LogP contribution in [-0.4, -0.2) is 18.5 Å². The molecular formula is C24H40ClFO2. The highest BCUT2D eigenvalue weighted by atomic mass is 35.5. The van der Waals surface area contributed by atoms with Gasteiger partial charge >= 0.3 is 5.97 Å². The second-order valence-electron chi connectivity index (χ2n) is 7.39. The third kappa shape index (κ3) is 23.0. The van der Waals surface area contributed by atoms with Gasteiger partial charge in [-0.05, 0) is 32.1 Å². The van der Waals surface area contributed by atoms with Crippen LogP contribution in [0.1, 0.15) is 110 Å². The molecule has 0 spiro atoms. The number of carbonyl (C=O) groups excluding carboxylic acids is 1. The molecule has 0 aliphatic heterocycles. The van der Waals surface area contributed by atoms with Crippen LogP contribution in [0.3, 0.4) is 0 Å². The molecule has 0 aliphatic carbocycles. The molecule has 0 unspecified atom stereocenters. The van der Waals surface area contributed by atoms with Gasteiger partial charge in [0.15, 0.2) is 0 Å². The smallest absolute Gasteiger partial charge is 0.302 e. The Morgan fingerprint density at radius 1 is 0.857 bits per heavy atom. The number of allylic oxidation sites excluding steroid dienone is 2. The molecule has 0 fully saturated rings. The van der Waals surface area contributed by atoms with Gasteiger partial charge in [0, 0.05) is 25.3 Å². The Kier molecular flexibility index (Phi) is 21.5. The lowest BCUT2D eigenvalue weighted by atomic mass is 10.1. The highest BCUT2D eigenvalue weighted by Gasteiger charge is 1.96. The van der Waals surface area contributed by atoms with E-state index in [0.29, 0.717) is 13.0 Å². The molecule has 0 aliphatic rings. The normalized spacial score (nSPS) is 11.2. The van der Waals surface area contributed by atoms with Crippen molar-refractivity contribution in [1.82, 2.24) is 0 Å². The van der Waals surface area contributed by atoms with E-state index in [2.05, 4.69) is 11.8 Å². The lowest BCUT2D eigenvalue weighted by Crippen LogP contribution is -1.99. The summed E-state index contributed by atoms with van der Waals surface area (Å²) in [6.45, 7) is 1.99. The molecule has 0 rings (SSSR count). The topological polar surface area (TPSA) is 26.3 Å². The number of rotatable bonds is 18. The molecule has 0 saturated heterocycles. The molecule has 0 aromatic heterocycles. The van der Waals surface area contributed by atoms with Crippen LogP contribution in [0.25, 0.3) is 0 Å². The number of unbranched alkanes of at least 4 members (excludes halogenated alkanes) is 13. The largest absolute Gasteiger partial charge is 0.466 e. The molecule has 0 atom stereocenters. The molecule has 0 N–H and O–H groups in total. The summed E-state index contributed by atoms with van der Waals surface area (Å²) in [4.78, 5) is 10.6. The molecule has 0 heterocycles. The van der Waals surface area contributed by atoms with Gasteiger partial charge in [0.05, 0.1) is 6.61 Å². The Bertz CT molecular complexity index is 451. The maximum Gasteiger partial charge on any atom is 0.302 e. The molecule has 0 amide bonds. The van der Waals surface area contributed by atoms with Crippen molar-refractivity contribution in [2.45, 2.75) is 110 Å². The van der Waals surface area contributed by atoms with E-state index in [1.54, 1.807) is 0 Å². The summed E-state index contributed by atoms with van der Waals surface area (Å²) in [7, 11) is 0. The third-order valence-electron chi connectivity index (χ3n) is 4.63. The van der Waals surface area contributed by atoms with E-state index in [1.165, 1.54) is 64.4 Å². The lowest BCUT2D eigenvalue weighted by molar-refractivity contribution is -0.141. The van der Waals surface area contributed by atoms with Gasteiger partial charge in [-0.3, -0.25) is 4.79 Å². The average Bonchev–Trinajstić information content (AvgIpc) is 2.67. The Morgan fingerprint density at radius 3 is 2.00 bits per heavy atom. The quantitative estimate of drug-likeness (QED) is 0.0985. The molecule has 0 radical (unpaired) electrons. The van der Waals surface area contributed by atoms with E-state index in [1.807, 2.05) is 0 Å². The van der Waals surface area contributed by atoms with Crippen molar-refractivity contribution in [2.24, 2.45) is 0 Å². The summed E-state index contributed by atoms with van der Waals surface area (Å²) in [5.41, 5.74) is 0. The minimum atomic E-state index is -0.194. The van der Waals surface area contributed by atoms with E-state index < -0.39 is 0 Å². The van der Waals surface area contributed by atoms with Crippen molar-refractivity contribution in [3.05, 3.63) is 11.9 Å². The highest BCUT2D eigenvalue weighted by Crippen LogP contribution is 2.13. The van der Waals surface area contributed by atoms with Crippen LogP contribution >= 0.6 is 11.6 Å². The van der Waals surface area contributed by atoms with Crippen LogP contribution in [0, 0.1) is 11.8 Å². The molecule has 2 nitrogen and oxygen atoms in total. The fraction of sp³-hybridized carbons (Fsp3) is 0.792. The minimum absolute atomic E-state index is 0.0802. The van der Waals surface area contributed by atoms with Crippen LogP contribution in [0.2, 0.25) is 0 Å². The first-order chi connectivity index (χ1) is 13.7. The Morgan fingerprint density at radius 2 is 1.39 bits per heavy atom. The van der Waals surface area contributed by atoms with E-state index >= 15 is 0 Å². The number of ether oxygens (including phenoxy) is 1. The van der Waals surface area contributed by atoms with Gasteiger partial charge in [-0.25, -0.2) is 4.39 Å². The molecular weight excluding hydrogens is 375 g/mol. The Labute approximate surface area is 177 Å². The second-order valence-corrected chi connectivity index (χ2v) is 7.77. The van der Waals surface area contributed by atoms with E-state index in [-0.39, 0.29) is 11.8 Å². The Hall–Kier alpha value is -1.01. The van der Waals surface area contributed by atoms with Crippen LogP contribution in [0.4, 0.5) is 4.39 Å². The number of esters is 1. The van der Waals surface area contributed by atoms with Crippen LogP contribution in [0.5, 0.6) is 0 Å². The molecule has 4 heteroatoms. The number of hydrogen-bond acceptors (Lipinski definition) is 2. The van der Waals surface area contributed by atoms with Crippen LogP contribution in [-0.2, 0) is 9.53 Å². The summed E-state index contributed by atoms with van der Waals surface area (Å²) in [6, 6.07) is 0. The third-order valence-corrected chi connectivity index (χ3v) is 4.90. The van der Waals surface area contributed by atoms with Gasteiger partial charge in [-0.1, -0.05) is 76.0 Å². The zero-order chi connectivity index (χ0) is 20.7. The van der Waals surface area contributed by atoms with Gasteiger partial charge in [0.1, 0.15) is 5.83 Å². The molecule has 0 aromatic carbocycles. The summed E-state index contributed by atoms with van der Waals surface area (Å²) >= 11 is 5.64. The standard InChI is InChI=1S/C24H40ClFO2/c1-23(27)28-22-18-14-10-5-3-2-4-7-11-15-19-24(26)20-16-12-8-6-9-13-17-21-25/h19H,2-10,12-14,16-18,20-22H2,1H3/b24-19-. The van der Waals surface area contributed by atoms with Gasteiger partial charge in [-0.2, -0.15) is 0 Å². The van der Waals surface area contributed by atoms with E-state index in [4.69, 9.17) is 16.3 Å². The zero-order valence-corrected chi connectivity index (χ0v) is 18.6. The first kappa shape index (κ1) is 27.0. The van der Waals surface area contributed by atoms with Gasteiger partial charge in [-0.15, -0.1) is 11.6 Å². The van der Waals surface area contributed by atoms with E-state index in [0.717, 1.165) is 50.8 Å². The Balaban J connectivity index is 3.38. The molecule has 162 valence electrons. The van der Waals surface area contributed by atoms with Crippen molar-refractivity contribution < 1.29 is 13.9 Å². The predicted octanol–water partition coefficient (Wildman–Crippen LogP) is 7.89. The maximum atomic E-state index is 13.6. The van der Waals surface area contributed by atoms with Crippen LogP contribution in [0.15, 0.2) is 11.9 Å². The number of carbonyl (C=O) groups is 1. The first-order valence-electron chi connectivity index (χ1n) is 11.2. The fourth-order valence-corrected chi connectivity index (χ4v) is 3.15. The zero-order valence-electron chi connectivity index (χ0n) is 17.9. The molecule has 0 saturated carbocycles.